The number of hydrogen-bond acceptors (Lipinski definition) is 2. The summed E-state index contributed by atoms with van der Waals surface area (Å²) in [6, 6.07) is 0.520. The molecule has 0 aromatic heterocycles. The average Bonchev–Trinajstić information content (AvgIpc) is 3.31. The van der Waals surface area contributed by atoms with Crippen LogP contribution in [0.4, 0.5) is 0 Å². The van der Waals surface area contributed by atoms with Gasteiger partial charge in [0.15, 0.2) is 0 Å². The van der Waals surface area contributed by atoms with Gasteiger partial charge in [-0.25, -0.2) is 0 Å². The molecule has 0 unspecified atom stereocenters. The number of amides is 1. The predicted octanol–water partition coefficient (Wildman–Crippen LogP) is 3.34. The van der Waals surface area contributed by atoms with Crippen molar-refractivity contribution in [2.75, 3.05) is 19.6 Å². The van der Waals surface area contributed by atoms with Crippen molar-refractivity contribution in [3.63, 3.8) is 0 Å². The molecule has 1 saturated heterocycles. The van der Waals surface area contributed by atoms with Gasteiger partial charge in [-0.05, 0) is 63.3 Å². The van der Waals surface area contributed by atoms with Crippen molar-refractivity contribution in [2.45, 2.75) is 76.7 Å². The Morgan fingerprint density at radius 1 is 0.952 bits per heavy atom. The van der Waals surface area contributed by atoms with Crippen LogP contribution in [-0.4, -0.2) is 36.5 Å². The van der Waals surface area contributed by atoms with E-state index in [4.69, 9.17) is 0 Å². The van der Waals surface area contributed by atoms with Gasteiger partial charge in [0.25, 0.3) is 0 Å². The first-order chi connectivity index (χ1) is 10.3. The van der Waals surface area contributed by atoms with Crippen LogP contribution in [0.1, 0.15) is 70.6 Å². The number of piperidine rings is 1. The van der Waals surface area contributed by atoms with Gasteiger partial charge in [0.05, 0.1) is 0 Å². The molecular weight excluding hydrogens is 260 g/mol. The Morgan fingerprint density at radius 2 is 1.71 bits per heavy atom. The zero-order valence-electron chi connectivity index (χ0n) is 13.5. The largest absolute Gasteiger partial charge is 0.353 e. The van der Waals surface area contributed by atoms with Crippen molar-refractivity contribution in [3.05, 3.63) is 0 Å². The van der Waals surface area contributed by atoms with E-state index < -0.39 is 0 Å². The Morgan fingerprint density at radius 3 is 2.48 bits per heavy atom. The summed E-state index contributed by atoms with van der Waals surface area (Å²) in [5.41, 5.74) is 0. The molecule has 0 radical (unpaired) electrons. The summed E-state index contributed by atoms with van der Waals surface area (Å²) in [6.07, 6.45) is 14.2. The molecule has 21 heavy (non-hydrogen) atoms. The van der Waals surface area contributed by atoms with Crippen LogP contribution in [0, 0.1) is 11.8 Å². The second-order valence-electron chi connectivity index (χ2n) is 7.65. The van der Waals surface area contributed by atoms with E-state index in [-0.39, 0.29) is 0 Å². The SMILES string of the molecule is O=C(CC[C@@H]1CCCN(CC2CCCCC2)C1)NC1CC1. The Kier molecular flexibility index (Phi) is 5.56. The van der Waals surface area contributed by atoms with Crippen molar-refractivity contribution >= 4 is 5.91 Å². The first kappa shape index (κ1) is 15.3. The van der Waals surface area contributed by atoms with Crippen molar-refractivity contribution in [2.24, 2.45) is 11.8 Å². The van der Waals surface area contributed by atoms with Gasteiger partial charge < -0.3 is 10.2 Å². The van der Waals surface area contributed by atoms with Gasteiger partial charge >= 0.3 is 0 Å². The molecule has 3 nitrogen and oxygen atoms in total. The third-order valence-corrected chi connectivity index (χ3v) is 5.57. The number of carbonyl (C=O) groups excluding carboxylic acids is 1. The molecule has 3 rings (SSSR count). The van der Waals surface area contributed by atoms with E-state index in [1.807, 2.05) is 0 Å². The fourth-order valence-electron chi connectivity index (χ4n) is 4.15. The maximum Gasteiger partial charge on any atom is 0.220 e. The summed E-state index contributed by atoms with van der Waals surface area (Å²) in [5, 5.41) is 3.12. The lowest BCUT2D eigenvalue weighted by atomic mass is 9.87. The monoisotopic (exact) mass is 292 g/mol. The summed E-state index contributed by atoms with van der Waals surface area (Å²) < 4.78 is 0. The van der Waals surface area contributed by atoms with Crippen molar-refractivity contribution in [3.8, 4) is 0 Å². The molecule has 3 heteroatoms. The molecular formula is C18H32N2O. The lowest BCUT2D eigenvalue weighted by Gasteiger charge is -2.36. The molecule has 3 fully saturated rings. The molecule has 1 aliphatic heterocycles. The number of nitrogens with one attached hydrogen (secondary N) is 1. The van der Waals surface area contributed by atoms with Crippen LogP contribution in [0.5, 0.6) is 0 Å². The average molecular weight is 292 g/mol. The topological polar surface area (TPSA) is 32.3 Å². The van der Waals surface area contributed by atoms with E-state index >= 15 is 0 Å². The van der Waals surface area contributed by atoms with Crippen LogP contribution >= 0.6 is 0 Å². The molecule has 0 aromatic rings. The van der Waals surface area contributed by atoms with Gasteiger partial charge in [0.1, 0.15) is 0 Å². The highest BCUT2D eigenvalue weighted by Crippen LogP contribution is 2.27. The van der Waals surface area contributed by atoms with E-state index in [9.17, 15) is 4.79 Å². The Labute approximate surface area is 129 Å². The van der Waals surface area contributed by atoms with E-state index in [1.165, 1.54) is 77.4 Å². The molecule has 1 amide bonds. The van der Waals surface area contributed by atoms with Crippen molar-refractivity contribution in [1.29, 1.82) is 0 Å². The Bertz CT molecular complexity index is 334. The number of carbonyl (C=O) groups is 1. The third-order valence-electron chi connectivity index (χ3n) is 5.57. The summed E-state index contributed by atoms with van der Waals surface area (Å²) in [6.45, 7) is 3.86. The fraction of sp³-hybridized carbons (Fsp3) is 0.944. The summed E-state index contributed by atoms with van der Waals surface area (Å²) in [7, 11) is 0. The molecule has 2 aliphatic carbocycles. The zero-order chi connectivity index (χ0) is 14.5. The summed E-state index contributed by atoms with van der Waals surface area (Å²) in [4.78, 5) is 14.5. The fourth-order valence-corrected chi connectivity index (χ4v) is 4.15. The smallest absolute Gasteiger partial charge is 0.220 e. The van der Waals surface area contributed by atoms with E-state index in [1.54, 1.807) is 0 Å². The number of likely N-dealkylation sites (tertiary alicyclic amines) is 1. The van der Waals surface area contributed by atoms with Crippen LogP contribution in [0.15, 0.2) is 0 Å². The second kappa shape index (κ2) is 7.62. The Balaban J connectivity index is 1.34. The van der Waals surface area contributed by atoms with Crippen molar-refractivity contribution in [1.82, 2.24) is 10.2 Å². The molecule has 1 atom stereocenters. The second-order valence-corrected chi connectivity index (χ2v) is 7.65. The Hall–Kier alpha value is -0.570. The van der Waals surface area contributed by atoms with Crippen LogP contribution in [0.3, 0.4) is 0 Å². The molecule has 2 saturated carbocycles. The lowest BCUT2D eigenvalue weighted by molar-refractivity contribution is -0.121. The molecule has 0 bridgehead atoms. The van der Waals surface area contributed by atoms with Gasteiger partial charge in [-0.2, -0.15) is 0 Å². The minimum Gasteiger partial charge on any atom is -0.353 e. The molecule has 0 spiro atoms. The number of rotatable bonds is 6. The molecule has 0 aromatic carbocycles. The maximum absolute atomic E-state index is 11.8. The van der Waals surface area contributed by atoms with Gasteiger partial charge in [0, 0.05) is 25.6 Å². The molecule has 1 N–H and O–H groups in total. The van der Waals surface area contributed by atoms with E-state index in [0.29, 0.717) is 11.9 Å². The van der Waals surface area contributed by atoms with Crippen molar-refractivity contribution < 1.29 is 4.79 Å². The maximum atomic E-state index is 11.8. The third kappa shape index (κ3) is 5.28. The van der Waals surface area contributed by atoms with Gasteiger partial charge in [-0.3, -0.25) is 4.79 Å². The predicted molar refractivity (Wildman–Crippen MR) is 86.1 cm³/mol. The summed E-state index contributed by atoms with van der Waals surface area (Å²) >= 11 is 0. The highest BCUT2D eigenvalue weighted by Gasteiger charge is 2.26. The van der Waals surface area contributed by atoms with Gasteiger partial charge in [0.2, 0.25) is 5.91 Å². The van der Waals surface area contributed by atoms with Crippen LogP contribution < -0.4 is 5.32 Å². The summed E-state index contributed by atoms with van der Waals surface area (Å²) in [5.74, 6) is 2.00. The molecule has 1 heterocycles. The lowest BCUT2D eigenvalue weighted by Crippen LogP contribution is -2.39. The quantitative estimate of drug-likeness (QED) is 0.814. The first-order valence-corrected chi connectivity index (χ1v) is 9.31. The number of nitrogens with zero attached hydrogens (tertiary/aromatic N) is 1. The van der Waals surface area contributed by atoms with E-state index in [2.05, 4.69) is 10.2 Å². The van der Waals surface area contributed by atoms with Crippen LogP contribution in [0.25, 0.3) is 0 Å². The van der Waals surface area contributed by atoms with Crippen LogP contribution in [-0.2, 0) is 4.79 Å². The van der Waals surface area contributed by atoms with Crippen LogP contribution in [0.2, 0.25) is 0 Å². The molecule has 120 valence electrons. The molecule has 3 aliphatic rings. The first-order valence-electron chi connectivity index (χ1n) is 9.31. The van der Waals surface area contributed by atoms with Gasteiger partial charge in [-0.1, -0.05) is 19.3 Å². The zero-order valence-corrected chi connectivity index (χ0v) is 13.5. The highest BCUT2D eigenvalue weighted by atomic mass is 16.1. The van der Waals surface area contributed by atoms with Gasteiger partial charge in [-0.15, -0.1) is 0 Å². The minimum absolute atomic E-state index is 0.293. The number of hydrogen-bond donors (Lipinski definition) is 1. The highest BCUT2D eigenvalue weighted by molar-refractivity contribution is 5.76. The standard InChI is InChI=1S/C18H32N2O/c21-18(19-17-9-10-17)11-8-16-7-4-12-20(14-16)13-15-5-2-1-3-6-15/h15-17H,1-14H2,(H,19,21)/t16-/m0/s1. The normalized spacial score (nSPS) is 28.5. The minimum atomic E-state index is 0.293. The van der Waals surface area contributed by atoms with E-state index in [0.717, 1.165) is 24.7 Å².